The molecule has 0 saturated heterocycles. The molecule has 15 heavy (non-hydrogen) atoms. The summed E-state index contributed by atoms with van der Waals surface area (Å²) >= 11 is 0. The second-order valence-corrected chi connectivity index (χ2v) is 4.26. The number of nitrogen functional groups attached to an aromatic ring is 1. The Bertz CT molecular complexity index is 346. The predicted molar refractivity (Wildman–Crippen MR) is 60.5 cm³/mol. The second-order valence-electron chi connectivity index (χ2n) is 4.26. The highest BCUT2D eigenvalue weighted by Crippen LogP contribution is 2.39. The van der Waals surface area contributed by atoms with Gasteiger partial charge in [-0.25, -0.2) is 15.8 Å². The lowest BCUT2D eigenvalue weighted by atomic mass is 10.1. The van der Waals surface area contributed by atoms with E-state index < -0.39 is 0 Å². The Balaban J connectivity index is 2.32. The van der Waals surface area contributed by atoms with Gasteiger partial charge in [0, 0.05) is 23.6 Å². The monoisotopic (exact) mass is 206 g/mol. The quantitative estimate of drug-likeness (QED) is 0.585. The zero-order chi connectivity index (χ0) is 10.8. The molecule has 1 saturated carbocycles. The first-order chi connectivity index (χ1) is 7.24. The number of anilines is 1. The molecule has 1 fully saturated rings. The van der Waals surface area contributed by atoms with E-state index in [1.807, 2.05) is 6.07 Å². The summed E-state index contributed by atoms with van der Waals surface area (Å²) in [5.74, 6) is 8.10. The highest BCUT2D eigenvalue weighted by Gasteiger charge is 2.26. The molecular weight excluding hydrogens is 188 g/mol. The summed E-state index contributed by atoms with van der Waals surface area (Å²) in [7, 11) is 0. The zero-order valence-electron chi connectivity index (χ0n) is 9.33. The zero-order valence-corrected chi connectivity index (χ0v) is 9.33. The van der Waals surface area contributed by atoms with Crippen molar-refractivity contribution in [2.24, 2.45) is 5.84 Å². The number of nitrogens with two attached hydrogens (primary N) is 1. The van der Waals surface area contributed by atoms with Crippen molar-refractivity contribution in [2.45, 2.75) is 44.9 Å². The summed E-state index contributed by atoms with van der Waals surface area (Å²) in [5, 5.41) is 0. The van der Waals surface area contributed by atoms with E-state index in [4.69, 9.17) is 5.84 Å². The minimum atomic E-state index is 0.399. The average Bonchev–Trinajstić information content (AvgIpc) is 3.11. The van der Waals surface area contributed by atoms with Crippen LogP contribution in [-0.2, 0) is 0 Å². The fourth-order valence-corrected chi connectivity index (χ4v) is 1.55. The van der Waals surface area contributed by atoms with E-state index in [9.17, 15) is 0 Å². The van der Waals surface area contributed by atoms with E-state index in [-0.39, 0.29) is 0 Å². The lowest BCUT2D eigenvalue weighted by Gasteiger charge is -2.11. The largest absolute Gasteiger partial charge is 0.308 e. The van der Waals surface area contributed by atoms with Gasteiger partial charge in [0.15, 0.2) is 0 Å². The molecule has 1 atom stereocenters. The SMILES string of the molecule is CCC(C)c1nc(NN)cc(C2CC2)n1. The molecule has 4 heteroatoms. The molecule has 1 unspecified atom stereocenters. The van der Waals surface area contributed by atoms with Crippen LogP contribution in [0.2, 0.25) is 0 Å². The minimum absolute atomic E-state index is 0.399. The van der Waals surface area contributed by atoms with Gasteiger partial charge in [-0.3, -0.25) is 0 Å². The van der Waals surface area contributed by atoms with Crippen LogP contribution in [0, 0.1) is 0 Å². The maximum absolute atomic E-state index is 5.41. The van der Waals surface area contributed by atoms with Gasteiger partial charge in [-0.15, -0.1) is 0 Å². The lowest BCUT2D eigenvalue weighted by Crippen LogP contribution is -2.12. The highest BCUT2D eigenvalue weighted by molar-refractivity contribution is 5.37. The van der Waals surface area contributed by atoms with Gasteiger partial charge in [0.25, 0.3) is 0 Å². The van der Waals surface area contributed by atoms with Crippen molar-refractivity contribution in [1.29, 1.82) is 0 Å². The third-order valence-corrected chi connectivity index (χ3v) is 2.96. The van der Waals surface area contributed by atoms with Crippen molar-refractivity contribution in [3.05, 3.63) is 17.6 Å². The Morgan fingerprint density at radius 3 is 2.80 bits per heavy atom. The Labute approximate surface area is 90.3 Å². The molecule has 0 aromatic carbocycles. The van der Waals surface area contributed by atoms with Gasteiger partial charge in [0.2, 0.25) is 0 Å². The molecule has 1 heterocycles. The number of aromatic nitrogens is 2. The molecule has 0 aliphatic heterocycles. The molecule has 0 amide bonds. The van der Waals surface area contributed by atoms with Gasteiger partial charge >= 0.3 is 0 Å². The Morgan fingerprint density at radius 2 is 2.27 bits per heavy atom. The molecule has 1 aromatic heterocycles. The van der Waals surface area contributed by atoms with Crippen molar-refractivity contribution >= 4 is 5.82 Å². The second kappa shape index (κ2) is 4.14. The number of hydrogen-bond acceptors (Lipinski definition) is 4. The lowest BCUT2D eigenvalue weighted by molar-refractivity contribution is 0.671. The van der Waals surface area contributed by atoms with Crippen LogP contribution >= 0.6 is 0 Å². The molecule has 82 valence electrons. The van der Waals surface area contributed by atoms with Gasteiger partial charge in [-0.1, -0.05) is 13.8 Å². The normalized spacial score (nSPS) is 17.5. The molecule has 2 rings (SSSR count). The van der Waals surface area contributed by atoms with Crippen LogP contribution in [0.1, 0.15) is 56.5 Å². The summed E-state index contributed by atoms with van der Waals surface area (Å²) in [6.07, 6.45) is 3.56. The van der Waals surface area contributed by atoms with Gasteiger partial charge in [0.05, 0.1) is 0 Å². The van der Waals surface area contributed by atoms with Crippen LogP contribution in [0.25, 0.3) is 0 Å². The third-order valence-electron chi connectivity index (χ3n) is 2.96. The summed E-state index contributed by atoms with van der Waals surface area (Å²) in [6, 6.07) is 1.96. The molecule has 3 N–H and O–H groups in total. The summed E-state index contributed by atoms with van der Waals surface area (Å²) in [6.45, 7) is 4.29. The Hall–Kier alpha value is -1.16. The van der Waals surface area contributed by atoms with Crippen LogP contribution in [-0.4, -0.2) is 9.97 Å². The number of rotatable bonds is 4. The molecule has 0 bridgehead atoms. The van der Waals surface area contributed by atoms with Crippen molar-refractivity contribution in [1.82, 2.24) is 9.97 Å². The highest BCUT2D eigenvalue weighted by atomic mass is 15.3. The van der Waals surface area contributed by atoms with Crippen molar-refractivity contribution in [3.8, 4) is 0 Å². The minimum Gasteiger partial charge on any atom is -0.308 e. The van der Waals surface area contributed by atoms with E-state index in [0.717, 1.165) is 23.8 Å². The van der Waals surface area contributed by atoms with Gasteiger partial charge < -0.3 is 5.43 Å². The number of hydrazine groups is 1. The van der Waals surface area contributed by atoms with E-state index in [2.05, 4.69) is 29.2 Å². The number of nitrogens with zero attached hydrogens (tertiary/aromatic N) is 2. The molecule has 1 aliphatic rings. The molecule has 1 aromatic rings. The third kappa shape index (κ3) is 2.26. The number of nitrogens with one attached hydrogen (secondary N) is 1. The molecule has 0 radical (unpaired) electrons. The van der Waals surface area contributed by atoms with Crippen LogP contribution in [0.15, 0.2) is 6.07 Å². The van der Waals surface area contributed by atoms with Gasteiger partial charge in [-0.2, -0.15) is 0 Å². The standard InChI is InChI=1S/C11H18N4/c1-3-7(2)11-13-9(8-4-5-8)6-10(14-11)15-12/h6-8H,3-5,12H2,1-2H3,(H,13,14,15). The maximum atomic E-state index is 5.41. The maximum Gasteiger partial charge on any atom is 0.143 e. The van der Waals surface area contributed by atoms with Crippen LogP contribution in [0.3, 0.4) is 0 Å². The van der Waals surface area contributed by atoms with Gasteiger partial charge in [0.1, 0.15) is 11.6 Å². The fraction of sp³-hybridized carbons (Fsp3) is 0.636. The van der Waals surface area contributed by atoms with E-state index in [1.165, 1.54) is 12.8 Å². The molecule has 0 spiro atoms. The van der Waals surface area contributed by atoms with Crippen molar-refractivity contribution < 1.29 is 0 Å². The Morgan fingerprint density at radius 1 is 1.53 bits per heavy atom. The van der Waals surface area contributed by atoms with E-state index >= 15 is 0 Å². The van der Waals surface area contributed by atoms with E-state index in [1.54, 1.807) is 0 Å². The fourth-order valence-electron chi connectivity index (χ4n) is 1.55. The van der Waals surface area contributed by atoms with Gasteiger partial charge in [-0.05, 0) is 19.3 Å². The van der Waals surface area contributed by atoms with Crippen molar-refractivity contribution in [2.75, 3.05) is 5.43 Å². The molecular formula is C11H18N4. The molecule has 4 nitrogen and oxygen atoms in total. The predicted octanol–water partition coefficient (Wildman–Crippen LogP) is 2.15. The van der Waals surface area contributed by atoms with Crippen LogP contribution in [0.5, 0.6) is 0 Å². The van der Waals surface area contributed by atoms with E-state index in [0.29, 0.717) is 11.8 Å². The first-order valence-corrected chi connectivity index (χ1v) is 5.60. The van der Waals surface area contributed by atoms with Crippen LogP contribution in [0.4, 0.5) is 5.82 Å². The number of hydrogen-bond donors (Lipinski definition) is 2. The summed E-state index contributed by atoms with van der Waals surface area (Å²) in [5.41, 5.74) is 3.76. The Kier molecular flexibility index (Phi) is 2.86. The van der Waals surface area contributed by atoms with Crippen LogP contribution < -0.4 is 11.3 Å². The first-order valence-electron chi connectivity index (χ1n) is 5.60. The first kappa shape index (κ1) is 10.4. The smallest absolute Gasteiger partial charge is 0.143 e. The summed E-state index contributed by atoms with van der Waals surface area (Å²) in [4.78, 5) is 8.99. The van der Waals surface area contributed by atoms with Crippen molar-refractivity contribution in [3.63, 3.8) is 0 Å². The average molecular weight is 206 g/mol. The molecule has 1 aliphatic carbocycles. The topological polar surface area (TPSA) is 63.8 Å². The summed E-state index contributed by atoms with van der Waals surface area (Å²) < 4.78 is 0.